The van der Waals surface area contributed by atoms with Gasteiger partial charge in [0.15, 0.2) is 0 Å². The van der Waals surface area contributed by atoms with E-state index in [2.05, 4.69) is 42.2 Å². The molecule has 0 fully saturated rings. The maximum absolute atomic E-state index is 9.75. The minimum absolute atomic E-state index is 0.293. The largest absolute Gasteiger partial charge is 0.508 e. The average Bonchev–Trinajstić information content (AvgIpc) is 2.32. The normalized spacial score (nSPS) is 10.4. The van der Waals surface area contributed by atoms with Crippen LogP contribution in [0.2, 0.25) is 0 Å². The van der Waals surface area contributed by atoms with E-state index in [-0.39, 0.29) is 0 Å². The van der Waals surface area contributed by atoms with Crippen LogP contribution >= 0.6 is 31.9 Å². The number of phenolic OH excluding ortho intramolecular Hbond substituents is 1. The van der Waals surface area contributed by atoms with Gasteiger partial charge in [-0.2, -0.15) is 0 Å². The van der Waals surface area contributed by atoms with Crippen molar-refractivity contribution in [3.05, 3.63) is 50.5 Å². The van der Waals surface area contributed by atoms with Gasteiger partial charge in [-0.25, -0.2) is 4.98 Å². The van der Waals surface area contributed by atoms with E-state index in [0.717, 1.165) is 25.9 Å². The van der Waals surface area contributed by atoms with Crippen LogP contribution in [-0.2, 0) is 6.54 Å². The Bertz CT molecular complexity index is 573. The molecule has 0 spiro atoms. The van der Waals surface area contributed by atoms with E-state index < -0.39 is 0 Å². The van der Waals surface area contributed by atoms with Crippen LogP contribution in [0, 0.1) is 6.92 Å². The van der Waals surface area contributed by atoms with Crippen molar-refractivity contribution in [1.29, 1.82) is 0 Å². The molecule has 18 heavy (non-hydrogen) atoms. The number of nitrogens with one attached hydrogen (secondary N) is 1. The summed E-state index contributed by atoms with van der Waals surface area (Å²) >= 11 is 6.79. The van der Waals surface area contributed by atoms with E-state index in [4.69, 9.17) is 0 Å². The number of hydrogen-bond donors (Lipinski definition) is 2. The highest BCUT2D eigenvalue weighted by Crippen LogP contribution is 2.25. The summed E-state index contributed by atoms with van der Waals surface area (Å²) in [5.74, 6) is 1.04. The van der Waals surface area contributed by atoms with Crippen LogP contribution in [0.5, 0.6) is 5.75 Å². The standard InChI is InChI=1S/C13H12Br2N2O/c1-8-2-3-12(18)9(4-8)6-16-13-11(15)5-10(14)7-17-13/h2-5,7,18H,6H2,1H3,(H,16,17). The molecule has 0 bridgehead atoms. The third kappa shape index (κ3) is 3.23. The molecule has 1 aromatic carbocycles. The van der Waals surface area contributed by atoms with Gasteiger partial charge >= 0.3 is 0 Å². The van der Waals surface area contributed by atoms with Crippen LogP contribution in [0.4, 0.5) is 5.82 Å². The Kier molecular flexibility index (Phi) is 4.24. The number of aryl methyl sites for hydroxylation is 1. The molecule has 3 nitrogen and oxygen atoms in total. The minimum Gasteiger partial charge on any atom is -0.508 e. The van der Waals surface area contributed by atoms with Gasteiger partial charge in [0, 0.05) is 22.8 Å². The maximum atomic E-state index is 9.75. The molecule has 0 aliphatic heterocycles. The van der Waals surface area contributed by atoms with Crippen LogP contribution in [0.25, 0.3) is 0 Å². The molecule has 2 N–H and O–H groups in total. The summed E-state index contributed by atoms with van der Waals surface area (Å²) in [5.41, 5.74) is 1.97. The zero-order chi connectivity index (χ0) is 13.1. The average molecular weight is 372 g/mol. The van der Waals surface area contributed by atoms with Gasteiger partial charge in [0.1, 0.15) is 11.6 Å². The number of halogens is 2. The predicted octanol–water partition coefficient (Wildman–Crippen LogP) is 4.23. The zero-order valence-electron chi connectivity index (χ0n) is 9.74. The molecule has 0 aliphatic rings. The second-order valence-electron chi connectivity index (χ2n) is 3.97. The first kappa shape index (κ1) is 13.4. The Labute approximate surface area is 123 Å². The van der Waals surface area contributed by atoms with Crippen molar-refractivity contribution >= 4 is 37.7 Å². The van der Waals surface area contributed by atoms with Crippen molar-refractivity contribution in [2.75, 3.05) is 5.32 Å². The molecule has 1 aromatic heterocycles. The quantitative estimate of drug-likeness (QED) is 0.848. The Morgan fingerprint density at radius 1 is 1.28 bits per heavy atom. The van der Waals surface area contributed by atoms with Gasteiger partial charge in [-0.05, 0) is 50.9 Å². The van der Waals surface area contributed by atoms with Crippen LogP contribution in [0.3, 0.4) is 0 Å². The third-order valence-corrected chi connectivity index (χ3v) is 3.53. The Balaban J connectivity index is 2.13. The Hall–Kier alpha value is -1.07. The lowest BCUT2D eigenvalue weighted by molar-refractivity contribution is 0.469. The van der Waals surface area contributed by atoms with Crippen molar-refractivity contribution < 1.29 is 5.11 Å². The first-order chi connectivity index (χ1) is 8.56. The molecular weight excluding hydrogens is 360 g/mol. The summed E-state index contributed by atoms with van der Waals surface area (Å²) < 4.78 is 1.79. The predicted molar refractivity (Wildman–Crippen MR) is 79.8 cm³/mol. The summed E-state index contributed by atoms with van der Waals surface area (Å²) in [4.78, 5) is 4.26. The van der Waals surface area contributed by atoms with Gasteiger partial charge in [0.25, 0.3) is 0 Å². The first-order valence-corrected chi connectivity index (χ1v) is 6.98. The van der Waals surface area contributed by atoms with Crippen LogP contribution in [0.15, 0.2) is 39.4 Å². The molecule has 0 saturated carbocycles. The summed E-state index contributed by atoms with van der Waals surface area (Å²) in [6.45, 7) is 2.53. The summed E-state index contributed by atoms with van der Waals surface area (Å²) in [5, 5.41) is 12.9. The number of aromatic nitrogens is 1. The lowest BCUT2D eigenvalue weighted by Crippen LogP contribution is -2.02. The number of nitrogens with zero attached hydrogens (tertiary/aromatic N) is 1. The third-order valence-electron chi connectivity index (χ3n) is 2.49. The minimum atomic E-state index is 0.293. The molecule has 2 aromatic rings. The van der Waals surface area contributed by atoms with Gasteiger partial charge in [-0.3, -0.25) is 0 Å². The number of hydrogen-bond acceptors (Lipinski definition) is 3. The lowest BCUT2D eigenvalue weighted by atomic mass is 10.1. The van der Waals surface area contributed by atoms with Gasteiger partial charge in [0.2, 0.25) is 0 Å². The molecule has 1 heterocycles. The Morgan fingerprint density at radius 3 is 2.78 bits per heavy atom. The molecule has 0 atom stereocenters. The van der Waals surface area contributed by atoms with Crippen molar-refractivity contribution in [3.63, 3.8) is 0 Å². The molecule has 0 saturated heterocycles. The highest BCUT2D eigenvalue weighted by atomic mass is 79.9. The number of phenols is 1. The van der Waals surface area contributed by atoms with Crippen LogP contribution in [0.1, 0.15) is 11.1 Å². The molecule has 2 rings (SSSR count). The molecule has 0 radical (unpaired) electrons. The number of anilines is 1. The molecule has 0 unspecified atom stereocenters. The van der Waals surface area contributed by atoms with Gasteiger partial charge in [-0.1, -0.05) is 17.7 Å². The van der Waals surface area contributed by atoms with E-state index in [9.17, 15) is 5.11 Å². The van der Waals surface area contributed by atoms with Crippen LogP contribution in [-0.4, -0.2) is 10.1 Å². The van der Waals surface area contributed by atoms with E-state index in [1.165, 1.54) is 0 Å². The van der Waals surface area contributed by atoms with Gasteiger partial charge < -0.3 is 10.4 Å². The number of rotatable bonds is 3. The topological polar surface area (TPSA) is 45.1 Å². The highest BCUT2D eigenvalue weighted by Gasteiger charge is 2.05. The second-order valence-corrected chi connectivity index (χ2v) is 5.74. The maximum Gasteiger partial charge on any atom is 0.140 e. The van der Waals surface area contributed by atoms with E-state index in [1.807, 2.05) is 25.1 Å². The fraction of sp³-hybridized carbons (Fsp3) is 0.154. The van der Waals surface area contributed by atoms with E-state index in [0.29, 0.717) is 12.3 Å². The SMILES string of the molecule is Cc1ccc(O)c(CNc2ncc(Br)cc2Br)c1. The van der Waals surface area contributed by atoms with Gasteiger partial charge in [0.05, 0.1) is 4.47 Å². The monoisotopic (exact) mass is 370 g/mol. The molecular formula is C13H12Br2N2O. The number of aromatic hydroxyl groups is 1. The fourth-order valence-corrected chi connectivity index (χ4v) is 2.71. The second kappa shape index (κ2) is 5.71. The number of benzene rings is 1. The summed E-state index contributed by atoms with van der Waals surface area (Å²) in [6.07, 6.45) is 1.73. The van der Waals surface area contributed by atoms with E-state index in [1.54, 1.807) is 12.3 Å². The van der Waals surface area contributed by atoms with E-state index >= 15 is 0 Å². The fourth-order valence-electron chi connectivity index (χ4n) is 1.58. The smallest absolute Gasteiger partial charge is 0.140 e. The van der Waals surface area contributed by atoms with Gasteiger partial charge in [-0.15, -0.1) is 0 Å². The summed E-state index contributed by atoms with van der Waals surface area (Å²) in [6, 6.07) is 7.46. The van der Waals surface area contributed by atoms with Crippen molar-refractivity contribution in [2.45, 2.75) is 13.5 Å². The molecule has 0 amide bonds. The lowest BCUT2D eigenvalue weighted by Gasteiger charge is -2.09. The first-order valence-electron chi connectivity index (χ1n) is 5.39. The van der Waals surface area contributed by atoms with Crippen LogP contribution < -0.4 is 5.32 Å². The molecule has 0 aliphatic carbocycles. The number of pyridine rings is 1. The Morgan fingerprint density at radius 2 is 2.06 bits per heavy atom. The molecule has 94 valence electrons. The summed E-state index contributed by atoms with van der Waals surface area (Å²) in [7, 11) is 0. The zero-order valence-corrected chi connectivity index (χ0v) is 12.9. The molecule has 5 heteroatoms. The highest BCUT2D eigenvalue weighted by molar-refractivity contribution is 9.11. The van der Waals surface area contributed by atoms with Crippen molar-refractivity contribution in [3.8, 4) is 5.75 Å². The van der Waals surface area contributed by atoms with Crippen molar-refractivity contribution in [2.24, 2.45) is 0 Å². The van der Waals surface area contributed by atoms with Crippen molar-refractivity contribution in [1.82, 2.24) is 4.98 Å².